The van der Waals surface area contributed by atoms with Crippen molar-refractivity contribution in [2.24, 2.45) is 0 Å². The average molecular weight is 330 g/mol. The van der Waals surface area contributed by atoms with Crippen LogP contribution in [0, 0.1) is 24.0 Å². The van der Waals surface area contributed by atoms with E-state index >= 15 is 0 Å². The Balaban J connectivity index is 1.98. The van der Waals surface area contributed by atoms with E-state index < -0.39 is 4.92 Å². The minimum Gasteiger partial charge on any atom is -0.341 e. The van der Waals surface area contributed by atoms with Crippen LogP contribution in [0.15, 0.2) is 0 Å². The van der Waals surface area contributed by atoms with Crippen LogP contribution >= 0.6 is 21.6 Å². The smallest absolute Gasteiger partial charge is 0.312 e. The van der Waals surface area contributed by atoms with Gasteiger partial charge in [0.15, 0.2) is 0 Å². The second kappa shape index (κ2) is 7.17. The van der Waals surface area contributed by atoms with E-state index in [0.29, 0.717) is 24.4 Å². The lowest BCUT2D eigenvalue weighted by Crippen LogP contribution is -2.34. The van der Waals surface area contributed by atoms with Gasteiger partial charge in [0, 0.05) is 31.0 Å². The number of rotatable bonds is 4. The minimum absolute atomic E-state index is 0.0463. The van der Waals surface area contributed by atoms with Crippen molar-refractivity contribution in [3.05, 3.63) is 21.5 Å². The molecule has 0 atom stereocenters. The van der Waals surface area contributed by atoms with E-state index in [4.69, 9.17) is 0 Å². The highest BCUT2D eigenvalue weighted by atomic mass is 33.1. The Hall–Kier alpha value is -1.22. The van der Waals surface area contributed by atoms with Crippen LogP contribution in [0.25, 0.3) is 0 Å². The molecule has 1 saturated heterocycles. The molecule has 0 N–H and O–H groups in total. The van der Waals surface area contributed by atoms with E-state index in [1.165, 1.54) is 0 Å². The van der Waals surface area contributed by atoms with Crippen molar-refractivity contribution < 1.29 is 9.72 Å². The molecule has 21 heavy (non-hydrogen) atoms. The third-order valence-corrected chi connectivity index (χ3v) is 5.75. The Morgan fingerprint density at radius 3 is 2.48 bits per heavy atom. The molecule has 0 aromatic carbocycles. The van der Waals surface area contributed by atoms with Crippen molar-refractivity contribution in [2.45, 2.75) is 26.8 Å². The fourth-order valence-electron chi connectivity index (χ4n) is 2.30. The van der Waals surface area contributed by atoms with E-state index in [2.05, 4.69) is 5.10 Å². The molecule has 0 spiro atoms. The van der Waals surface area contributed by atoms with Crippen molar-refractivity contribution >= 4 is 33.2 Å². The summed E-state index contributed by atoms with van der Waals surface area (Å²) in [5, 5.41) is 15.1. The Bertz CT molecular complexity index is 539. The molecule has 1 aromatic rings. The van der Waals surface area contributed by atoms with Gasteiger partial charge in [0.25, 0.3) is 0 Å². The first kappa shape index (κ1) is 16.2. The van der Waals surface area contributed by atoms with Crippen LogP contribution in [0.5, 0.6) is 0 Å². The second-order valence-electron chi connectivity index (χ2n) is 4.77. The third-order valence-electron chi connectivity index (χ3n) is 3.39. The quantitative estimate of drug-likeness (QED) is 0.477. The molecule has 2 heterocycles. The summed E-state index contributed by atoms with van der Waals surface area (Å²) in [6, 6.07) is 0. The van der Waals surface area contributed by atoms with Gasteiger partial charge in [-0.3, -0.25) is 19.6 Å². The lowest BCUT2D eigenvalue weighted by Gasteiger charge is -2.19. The highest BCUT2D eigenvalue weighted by Gasteiger charge is 2.22. The van der Waals surface area contributed by atoms with Crippen LogP contribution < -0.4 is 0 Å². The first-order valence-electron chi connectivity index (χ1n) is 6.71. The largest absolute Gasteiger partial charge is 0.341 e. The van der Waals surface area contributed by atoms with Crippen molar-refractivity contribution in [2.75, 3.05) is 24.6 Å². The number of aryl methyl sites for hydroxylation is 2. The van der Waals surface area contributed by atoms with Crippen LogP contribution in [-0.4, -0.2) is 50.1 Å². The van der Waals surface area contributed by atoms with Gasteiger partial charge in [-0.15, -0.1) is 0 Å². The van der Waals surface area contributed by atoms with E-state index in [-0.39, 0.29) is 11.6 Å². The average Bonchev–Trinajstić information content (AvgIpc) is 2.62. The summed E-state index contributed by atoms with van der Waals surface area (Å²) in [5.74, 6) is 1.98. The molecule has 7 nitrogen and oxygen atoms in total. The van der Waals surface area contributed by atoms with Crippen molar-refractivity contribution in [1.82, 2.24) is 14.7 Å². The molecule has 2 rings (SSSR count). The fraction of sp³-hybridized carbons (Fsp3) is 0.667. The van der Waals surface area contributed by atoms with Gasteiger partial charge in [0.2, 0.25) is 5.91 Å². The molecule has 0 saturated carbocycles. The van der Waals surface area contributed by atoms with Crippen LogP contribution in [-0.2, 0) is 11.3 Å². The number of nitro groups is 1. The van der Waals surface area contributed by atoms with Crippen molar-refractivity contribution in [1.29, 1.82) is 0 Å². The topological polar surface area (TPSA) is 81.3 Å². The summed E-state index contributed by atoms with van der Waals surface area (Å²) in [6.45, 7) is 5.21. The first-order valence-corrected chi connectivity index (χ1v) is 9.20. The molecule has 116 valence electrons. The number of carbonyl (C=O) groups excluding carboxylic acids is 1. The number of nitrogens with zero attached hydrogens (tertiary/aromatic N) is 4. The molecule has 1 aromatic heterocycles. The SMILES string of the molecule is Cc1nn(CCC(=O)N2CCSSCC2)c(C)c1[N+](=O)[O-]. The van der Waals surface area contributed by atoms with E-state index in [1.54, 1.807) is 40.1 Å². The number of carbonyl (C=O) groups is 1. The Morgan fingerprint density at radius 2 is 1.95 bits per heavy atom. The Labute approximate surface area is 131 Å². The van der Waals surface area contributed by atoms with Gasteiger partial charge in [0.05, 0.1) is 11.5 Å². The van der Waals surface area contributed by atoms with Gasteiger partial charge in [-0.1, -0.05) is 21.6 Å². The van der Waals surface area contributed by atoms with Gasteiger partial charge in [0.1, 0.15) is 11.4 Å². The third kappa shape index (κ3) is 3.91. The Kier molecular flexibility index (Phi) is 5.51. The van der Waals surface area contributed by atoms with Crippen LogP contribution in [0.2, 0.25) is 0 Å². The number of hydrogen-bond donors (Lipinski definition) is 0. The molecular weight excluding hydrogens is 312 g/mol. The minimum atomic E-state index is -0.417. The molecule has 1 fully saturated rings. The summed E-state index contributed by atoms with van der Waals surface area (Å²) in [7, 11) is 3.59. The van der Waals surface area contributed by atoms with Gasteiger partial charge < -0.3 is 4.90 Å². The molecule has 0 unspecified atom stereocenters. The van der Waals surface area contributed by atoms with E-state index in [1.807, 2.05) is 4.90 Å². The number of amides is 1. The standard InChI is InChI=1S/C12H18N4O3S2/c1-9-12(16(18)19)10(2)15(13-9)4-3-11(17)14-5-7-20-21-8-6-14/h3-8H2,1-2H3. The van der Waals surface area contributed by atoms with Crippen LogP contribution in [0.1, 0.15) is 17.8 Å². The molecule has 0 radical (unpaired) electrons. The van der Waals surface area contributed by atoms with Gasteiger partial charge in [-0.25, -0.2) is 0 Å². The number of aromatic nitrogens is 2. The van der Waals surface area contributed by atoms with Gasteiger partial charge in [-0.2, -0.15) is 5.10 Å². The first-order chi connectivity index (χ1) is 10.0. The van der Waals surface area contributed by atoms with Crippen molar-refractivity contribution in [3.63, 3.8) is 0 Å². The maximum absolute atomic E-state index is 12.2. The highest BCUT2D eigenvalue weighted by molar-refractivity contribution is 8.76. The molecule has 1 aliphatic heterocycles. The molecule has 1 aliphatic rings. The highest BCUT2D eigenvalue weighted by Crippen LogP contribution is 2.24. The maximum atomic E-state index is 12.2. The molecule has 0 bridgehead atoms. The Morgan fingerprint density at radius 1 is 1.33 bits per heavy atom. The fourth-order valence-corrected chi connectivity index (χ4v) is 4.28. The second-order valence-corrected chi connectivity index (χ2v) is 7.48. The summed E-state index contributed by atoms with van der Waals surface area (Å²) in [4.78, 5) is 24.6. The summed E-state index contributed by atoms with van der Waals surface area (Å²) >= 11 is 0. The lowest BCUT2D eigenvalue weighted by atomic mass is 10.3. The molecule has 0 aliphatic carbocycles. The zero-order chi connectivity index (χ0) is 15.4. The van der Waals surface area contributed by atoms with Crippen LogP contribution in [0.4, 0.5) is 5.69 Å². The number of hydrogen-bond acceptors (Lipinski definition) is 6. The van der Waals surface area contributed by atoms with E-state index in [9.17, 15) is 14.9 Å². The summed E-state index contributed by atoms with van der Waals surface area (Å²) in [5.41, 5.74) is 0.949. The maximum Gasteiger partial charge on any atom is 0.312 e. The van der Waals surface area contributed by atoms with Crippen LogP contribution in [0.3, 0.4) is 0 Å². The molecule has 1 amide bonds. The normalized spacial score (nSPS) is 15.8. The molecule has 9 heteroatoms. The predicted molar refractivity (Wildman–Crippen MR) is 84.5 cm³/mol. The summed E-state index contributed by atoms with van der Waals surface area (Å²) in [6.07, 6.45) is 0.328. The van der Waals surface area contributed by atoms with Gasteiger partial charge in [-0.05, 0) is 13.8 Å². The zero-order valence-corrected chi connectivity index (χ0v) is 13.7. The molecular formula is C12H18N4O3S2. The van der Waals surface area contributed by atoms with Gasteiger partial charge >= 0.3 is 5.69 Å². The predicted octanol–water partition coefficient (Wildman–Crippen LogP) is 2.02. The lowest BCUT2D eigenvalue weighted by molar-refractivity contribution is -0.386. The summed E-state index contributed by atoms with van der Waals surface area (Å²) < 4.78 is 1.56. The monoisotopic (exact) mass is 330 g/mol. The zero-order valence-electron chi connectivity index (χ0n) is 12.1. The van der Waals surface area contributed by atoms with E-state index in [0.717, 1.165) is 24.6 Å². The van der Waals surface area contributed by atoms with Crippen molar-refractivity contribution in [3.8, 4) is 0 Å².